The van der Waals surface area contributed by atoms with Crippen molar-refractivity contribution >= 4 is 11.6 Å². The van der Waals surface area contributed by atoms with Gasteiger partial charge in [-0.3, -0.25) is 0 Å². The molecule has 0 spiro atoms. The van der Waals surface area contributed by atoms with Crippen LogP contribution in [0.2, 0.25) is 0 Å². The van der Waals surface area contributed by atoms with Crippen LogP contribution in [-0.4, -0.2) is 0 Å². The van der Waals surface area contributed by atoms with Crippen LogP contribution in [-0.2, 0) is 0 Å². The van der Waals surface area contributed by atoms with Gasteiger partial charge in [0.1, 0.15) is 11.0 Å². The number of allylic oxidation sites excluding steroid dienone is 2. The Morgan fingerprint density at radius 2 is 1.90 bits per heavy atom. The molecule has 0 amide bonds. The highest BCUT2D eigenvalue weighted by atomic mass is 35.5. The van der Waals surface area contributed by atoms with Gasteiger partial charge in [-0.25, -0.2) is 0 Å². The topological polar surface area (TPSA) is 78.1 Å². The van der Waals surface area contributed by atoms with Crippen LogP contribution in [0.4, 0.5) is 0 Å². The Bertz CT molecular complexity index is 214. The Kier molecular flexibility index (Phi) is 3.23. The van der Waals surface area contributed by atoms with Crippen LogP contribution in [0.3, 0.4) is 0 Å². The number of halogens is 1. The first kappa shape index (κ1) is 8.73. The van der Waals surface area contributed by atoms with Crippen LogP contribution in [0.5, 0.6) is 0 Å². The number of nitrogens with two attached hydrogens (primary N) is 3. The number of hydrogen-bond acceptors (Lipinski definition) is 3. The smallest absolute Gasteiger partial charge is 0.110 e. The minimum atomic E-state index is 0.0334. The van der Waals surface area contributed by atoms with Crippen molar-refractivity contribution in [2.75, 3.05) is 0 Å². The van der Waals surface area contributed by atoms with Crippen molar-refractivity contribution < 1.29 is 0 Å². The predicted molar refractivity (Wildman–Crippen MR) is 42.4 cm³/mol. The molecule has 4 heteroatoms. The maximum absolute atomic E-state index is 5.29. The van der Waals surface area contributed by atoms with Gasteiger partial charge in [-0.1, -0.05) is 17.5 Å². The van der Waals surface area contributed by atoms with Crippen molar-refractivity contribution in [1.29, 1.82) is 0 Å². The summed E-state index contributed by atoms with van der Waals surface area (Å²) in [4.78, 5) is 0. The molecule has 0 aromatic carbocycles. The van der Waals surface area contributed by atoms with E-state index in [0.717, 1.165) is 0 Å². The fraction of sp³-hybridized carbons (Fsp3) is 0. The molecule has 0 fully saturated rings. The lowest BCUT2D eigenvalue weighted by Crippen LogP contribution is -2.11. The molecule has 0 rings (SSSR count). The minimum Gasteiger partial charge on any atom is -0.389 e. The molecule has 0 heterocycles. The van der Waals surface area contributed by atoms with Crippen LogP contribution in [0.25, 0.3) is 0 Å². The Morgan fingerprint density at radius 1 is 1.40 bits per heavy atom. The largest absolute Gasteiger partial charge is 0.389 e. The molecule has 0 aromatic rings. The van der Waals surface area contributed by atoms with E-state index < -0.39 is 0 Å². The first-order chi connectivity index (χ1) is 4.57. The second kappa shape index (κ2) is 3.70. The first-order valence-corrected chi connectivity index (χ1v) is 2.80. The van der Waals surface area contributed by atoms with Crippen molar-refractivity contribution in [2.45, 2.75) is 0 Å². The zero-order valence-corrected chi connectivity index (χ0v) is 6.02. The summed E-state index contributed by atoms with van der Waals surface area (Å²) in [5, 5.41) is 0.0568. The molecule has 6 N–H and O–H groups in total. The Labute approximate surface area is 64.5 Å². The summed E-state index contributed by atoms with van der Waals surface area (Å²) in [6, 6.07) is 0. The van der Waals surface area contributed by atoms with Crippen molar-refractivity contribution in [1.82, 2.24) is 0 Å². The van der Waals surface area contributed by atoms with Gasteiger partial charge in [0.05, 0.1) is 5.57 Å². The van der Waals surface area contributed by atoms with E-state index in [9.17, 15) is 0 Å². The molecule has 0 aliphatic carbocycles. The van der Waals surface area contributed by atoms with Crippen LogP contribution in [0.15, 0.2) is 22.6 Å². The first-order valence-electron chi connectivity index (χ1n) is 2.42. The summed E-state index contributed by atoms with van der Waals surface area (Å²) >= 11 is 5.29. The normalized spacial score (nSPS) is 10.2. The average molecular weight is 158 g/mol. The molecule has 3 nitrogen and oxygen atoms in total. The second-order valence-corrected chi connectivity index (χ2v) is 1.98. The van der Waals surface area contributed by atoms with Gasteiger partial charge in [-0.05, 0) is 6.08 Å². The molecule has 0 radical (unpaired) electrons. The molecule has 0 aliphatic rings. The third-order valence-electron chi connectivity index (χ3n) is 0.749. The summed E-state index contributed by atoms with van der Waals surface area (Å²) in [6.45, 7) is 0. The lowest BCUT2D eigenvalue weighted by molar-refractivity contribution is 1.22. The standard InChI is InChI=1S/C6H8ClN3/c1-2-4(6(9)10)3-5(7)8/h1,3H,8-10H2/b5-3-. The summed E-state index contributed by atoms with van der Waals surface area (Å²) in [5.74, 6) is 2.26. The SMILES string of the molecule is C#CC(/C=C(\N)Cl)=C(N)N. The van der Waals surface area contributed by atoms with Gasteiger partial charge in [-0.2, -0.15) is 0 Å². The summed E-state index contributed by atoms with van der Waals surface area (Å²) < 4.78 is 0. The van der Waals surface area contributed by atoms with E-state index in [4.69, 9.17) is 35.2 Å². The monoisotopic (exact) mass is 157 g/mol. The third kappa shape index (κ3) is 2.90. The van der Waals surface area contributed by atoms with Gasteiger partial charge in [0.25, 0.3) is 0 Å². The van der Waals surface area contributed by atoms with E-state index in [1.807, 2.05) is 0 Å². The zero-order chi connectivity index (χ0) is 8.15. The maximum Gasteiger partial charge on any atom is 0.110 e. The van der Waals surface area contributed by atoms with E-state index in [-0.39, 0.29) is 11.0 Å². The highest BCUT2D eigenvalue weighted by molar-refractivity contribution is 6.29. The van der Waals surface area contributed by atoms with Gasteiger partial charge in [0.15, 0.2) is 0 Å². The lowest BCUT2D eigenvalue weighted by atomic mass is 10.3. The fourth-order valence-corrected chi connectivity index (χ4v) is 0.455. The van der Waals surface area contributed by atoms with Crippen molar-refractivity contribution in [2.24, 2.45) is 17.2 Å². The van der Waals surface area contributed by atoms with E-state index in [1.165, 1.54) is 6.08 Å². The summed E-state index contributed by atoms with van der Waals surface area (Å²) in [6.07, 6.45) is 6.31. The van der Waals surface area contributed by atoms with Gasteiger partial charge >= 0.3 is 0 Å². The van der Waals surface area contributed by atoms with Gasteiger partial charge < -0.3 is 17.2 Å². The maximum atomic E-state index is 5.29. The van der Waals surface area contributed by atoms with Crippen molar-refractivity contribution in [3.05, 3.63) is 22.6 Å². The number of terminal acetylenes is 1. The zero-order valence-electron chi connectivity index (χ0n) is 5.26. The molecular weight excluding hydrogens is 150 g/mol. The van der Waals surface area contributed by atoms with E-state index >= 15 is 0 Å². The Morgan fingerprint density at radius 3 is 2.00 bits per heavy atom. The van der Waals surface area contributed by atoms with Crippen LogP contribution in [0, 0.1) is 12.3 Å². The van der Waals surface area contributed by atoms with Crippen LogP contribution in [0.1, 0.15) is 0 Å². The van der Waals surface area contributed by atoms with E-state index in [2.05, 4.69) is 5.92 Å². The molecule has 0 unspecified atom stereocenters. The van der Waals surface area contributed by atoms with Crippen molar-refractivity contribution in [3.63, 3.8) is 0 Å². The second-order valence-electron chi connectivity index (χ2n) is 1.54. The number of rotatable bonds is 1. The Hall–Kier alpha value is -1.27. The quantitative estimate of drug-likeness (QED) is 0.280. The highest BCUT2D eigenvalue weighted by Crippen LogP contribution is 2.00. The Balaban J connectivity index is 4.62. The molecule has 0 aromatic heterocycles. The average Bonchev–Trinajstić information content (AvgIpc) is 1.81. The molecule has 0 saturated heterocycles. The highest BCUT2D eigenvalue weighted by Gasteiger charge is 1.91. The van der Waals surface area contributed by atoms with E-state index in [1.54, 1.807) is 0 Å². The van der Waals surface area contributed by atoms with Gasteiger partial charge in [0.2, 0.25) is 0 Å². The molecular formula is C6H8ClN3. The molecule has 0 bridgehead atoms. The summed E-state index contributed by atoms with van der Waals surface area (Å²) in [7, 11) is 0. The molecule has 54 valence electrons. The molecule has 0 aliphatic heterocycles. The molecule has 0 saturated carbocycles. The van der Waals surface area contributed by atoms with Crippen molar-refractivity contribution in [3.8, 4) is 12.3 Å². The fourth-order valence-electron chi connectivity index (χ4n) is 0.346. The van der Waals surface area contributed by atoms with Crippen LogP contribution < -0.4 is 17.2 Å². The minimum absolute atomic E-state index is 0.0334. The molecule has 10 heavy (non-hydrogen) atoms. The number of hydrogen-bond donors (Lipinski definition) is 3. The molecule has 0 atom stereocenters. The summed E-state index contributed by atoms with van der Waals surface area (Å²) in [5.41, 5.74) is 15.7. The third-order valence-corrected chi connectivity index (χ3v) is 0.858. The van der Waals surface area contributed by atoms with Gasteiger partial charge in [0, 0.05) is 0 Å². The van der Waals surface area contributed by atoms with Gasteiger partial charge in [-0.15, -0.1) is 6.42 Å². The lowest BCUT2D eigenvalue weighted by Gasteiger charge is -1.93. The predicted octanol–water partition coefficient (Wildman–Crippen LogP) is -0.212. The van der Waals surface area contributed by atoms with Crippen LogP contribution >= 0.6 is 11.6 Å². The van der Waals surface area contributed by atoms with E-state index in [0.29, 0.717) is 5.57 Å².